The maximum atomic E-state index is 12.9. The number of pyridine rings is 1. The number of ether oxygens (including phenoxy) is 1. The summed E-state index contributed by atoms with van der Waals surface area (Å²) in [5.74, 6) is 0.385. The molecule has 1 amide bonds. The second kappa shape index (κ2) is 9.15. The molecule has 1 aromatic carbocycles. The predicted molar refractivity (Wildman–Crippen MR) is 102 cm³/mol. The minimum atomic E-state index is -0.0215. The Morgan fingerprint density at radius 3 is 2.74 bits per heavy atom. The Balaban J connectivity index is 1.62. The molecule has 0 saturated carbocycles. The van der Waals surface area contributed by atoms with E-state index in [1.165, 1.54) is 5.56 Å². The maximum absolute atomic E-state index is 12.9. The van der Waals surface area contributed by atoms with E-state index in [0.29, 0.717) is 30.2 Å². The molecule has 1 aromatic heterocycles. The quantitative estimate of drug-likeness (QED) is 0.816. The molecule has 1 aliphatic heterocycles. The summed E-state index contributed by atoms with van der Waals surface area (Å²) >= 11 is 0. The number of rotatable bonds is 5. The first-order chi connectivity index (χ1) is 13.2. The van der Waals surface area contributed by atoms with Gasteiger partial charge in [0.05, 0.1) is 18.2 Å². The van der Waals surface area contributed by atoms with E-state index in [-0.39, 0.29) is 5.91 Å². The lowest BCUT2D eigenvalue weighted by Gasteiger charge is -2.22. The van der Waals surface area contributed by atoms with Crippen LogP contribution in [0.25, 0.3) is 0 Å². The molecule has 0 N–H and O–H groups in total. The molecule has 0 radical (unpaired) electrons. The first-order valence-corrected chi connectivity index (χ1v) is 9.29. The van der Waals surface area contributed by atoms with Gasteiger partial charge in [-0.05, 0) is 43.2 Å². The molecule has 1 fully saturated rings. The van der Waals surface area contributed by atoms with Crippen LogP contribution in [0.4, 0.5) is 0 Å². The van der Waals surface area contributed by atoms with E-state index >= 15 is 0 Å². The van der Waals surface area contributed by atoms with Crippen LogP contribution in [0.15, 0.2) is 42.6 Å². The Kier molecular flexibility index (Phi) is 6.39. The second-order valence-corrected chi connectivity index (χ2v) is 6.52. The van der Waals surface area contributed by atoms with E-state index < -0.39 is 0 Å². The van der Waals surface area contributed by atoms with Crippen molar-refractivity contribution in [2.45, 2.75) is 19.9 Å². The Hall–Kier alpha value is -2.91. The summed E-state index contributed by atoms with van der Waals surface area (Å²) in [6.07, 6.45) is 2.57. The summed E-state index contributed by atoms with van der Waals surface area (Å²) < 4.78 is 5.51. The maximum Gasteiger partial charge on any atom is 0.259 e. The van der Waals surface area contributed by atoms with Gasteiger partial charge in [0.25, 0.3) is 5.91 Å². The monoisotopic (exact) mass is 364 g/mol. The average Bonchev–Trinajstić information content (AvgIpc) is 2.94. The molecule has 1 aliphatic rings. The molecule has 0 atom stereocenters. The molecule has 0 aliphatic carbocycles. The number of aromatic nitrogens is 1. The zero-order valence-electron chi connectivity index (χ0n) is 15.6. The minimum Gasteiger partial charge on any atom is -0.477 e. The van der Waals surface area contributed by atoms with E-state index in [1.54, 1.807) is 18.3 Å². The molecule has 27 heavy (non-hydrogen) atoms. The molecular formula is C21H24N4O2. The van der Waals surface area contributed by atoms with Gasteiger partial charge in [-0.15, -0.1) is 0 Å². The van der Waals surface area contributed by atoms with Crippen molar-refractivity contribution in [3.8, 4) is 11.9 Å². The number of carbonyl (C=O) groups excluding carboxylic acids is 1. The molecule has 140 valence electrons. The molecule has 1 saturated heterocycles. The average molecular weight is 364 g/mol. The van der Waals surface area contributed by atoms with E-state index in [0.717, 1.165) is 32.6 Å². The van der Waals surface area contributed by atoms with Crippen LogP contribution in [0.1, 0.15) is 34.8 Å². The third-order valence-corrected chi connectivity index (χ3v) is 4.65. The Labute approximate surface area is 160 Å². The Morgan fingerprint density at radius 2 is 2.00 bits per heavy atom. The van der Waals surface area contributed by atoms with Gasteiger partial charge < -0.3 is 9.64 Å². The molecule has 0 unspecified atom stereocenters. The number of amides is 1. The van der Waals surface area contributed by atoms with Crippen LogP contribution < -0.4 is 4.74 Å². The van der Waals surface area contributed by atoms with Crippen LogP contribution in [-0.4, -0.2) is 53.5 Å². The number of hydrogen-bond donors (Lipinski definition) is 0. The van der Waals surface area contributed by atoms with E-state index in [2.05, 4.69) is 16.0 Å². The Morgan fingerprint density at radius 1 is 1.19 bits per heavy atom. The van der Waals surface area contributed by atoms with Gasteiger partial charge in [-0.25, -0.2) is 4.98 Å². The summed E-state index contributed by atoms with van der Waals surface area (Å²) in [4.78, 5) is 21.4. The highest BCUT2D eigenvalue weighted by molar-refractivity contribution is 5.96. The summed E-state index contributed by atoms with van der Waals surface area (Å²) in [5, 5.41) is 8.90. The van der Waals surface area contributed by atoms with Crippen molar-refractivity contribution >= 4 is 5.91 Å². The van der Waals surface area contributed by atoms with Gasteiger partial charge in [0.1, 0.15) is 5.56 Å². The van der Waals surface area contributed by atoms with Crippen LogP contribution in [0, 0.1) is 11.3 Å². The highest BCUT2D eigenvalue weighted by atomic mass is 16.5. The van der Waals surface area contributed by atoms with Gasteiger partial charge in [0.15, 0.2) is 0 Å². The molecular weight excluding hydrogens is 340 g/mol. The predicted octanol–water partition coefficient (Wildman–Crippen LogP) is 2.70. The molecule has 6 nitrogen and oxygen atoms in total. The third kappa shape index (κ3) is 4.83. The van der Waals surface area contributed by atoms with Crippen LogP contribution >= 0.6 is 0 Å². The number of nitrogens with zero attached hydrogens (tertiary/aromatic N) is 4. The van der Waals surface area contributed by atoms with Crippen molar-refractivity contribution in [1.29, 1.82) is 5.26 Å². The largest absolute Gasteiger partial charge is 0.477 e. The van der Waals surface area contributed by atoms with Crippen molar-refractivity contribution in [3.05, 3.63) is 59.3 Å². The first-order valence-electron chi connectivity index (χ1n) is 9.29. The standard InChI is InChI=1S/C21H24N4O2/c1-2-27-20-19(5-3-10-23-20)21(26)25-12-4-11-24(13-14-25)16-18-8-6-17(15-22)7-9-18/h3,5-10H,2,4,11-14,16H2,1H3. The fourth-order valence-electron chi connectivity index (χ4n) is 3.25. The van der Waals surface area contributed by atoms with Crippen LogP contribution in [-0.2, 0) is 6.54 Å². The summed E-state index contributed by atoms with van der Waals surface area (Å²) in [7, 11) is 0. The van der Waals surface area contributed by atoms with Gasteiger partial charge in [0.2, 0.25) is 5.88 Å². The lowest BCUT2D eigenvalue weighted by atomic mass is 10.1. The molecule has 2 heterocycles. The summed E-state index contributed by atoms with van der Waals surface area (Å²) in [6, 6.07) is 13.4. The Bertz CT molecular complexity index is 814. The number of hydrogen-bond acceptors (Lipinski definition) is 5. The molecule has 0 spiro atoms. The molecule has 3 rings (SSSR count). The number of carbonyl (C=O) groups is 1. The van der Waals surface area contributed by atoms with E-state index in [1.807, 2.05) is 36.1 Å². The van der Waals surface area contributed by atoms with Crippen molar-refractivity contribution in [3.63, 3.8) is 0 Å². The van der Waals surface area contributed by atoms with Crippen molar-refractivity contribution in [1.82, 2.24) is 14.8 Å². The SMILES string of the molecule is CCOc1ncccc1C(=O)N1CCCN(Cc2ccc(C#N)cc2)CC1. The van der Waals surface area contributed by atoms with Gasteiger partial charge in [-0.2, -0.15) is 5.26 Å². The fourth-order valence-corrected chi connectivity index (χ4v) is 3.25. The number of nitriles is 1. The third-order valence-electron chi connectivity index (χ3n) is 4.65. The lowest BCUT2D eigenvalue weighted by molar-refractivity contribution is 0.0756. The normalized spacial score (nSPS) is 15.0. The van der Waals surface area contributed by atoms with Crippen LogP contribution in [0.3, 0.4) is 0 Å². The topological polar surface area (TPSA) is 69.5 Å². The van der Waals surface area contributed by atoms with Gasteiger partial charge in [0, 0.05) is 38.9 Å². The van der Waals surface area contributed by atoms with Crippen LogP contribution in [0.5, 0.6) is 5.88 Å². The van der Waals surface area contributed by atoms with Crippen molar-refractivity contribution < 1.29 is 9.53 Å². The van der Waals surface area contributed by atoms with Gasteiger partial charge >= 0.3 is 0 Å². The van der Waals surface area contributed by atoms with E-state index in [4.69, 9.17) is 10.00 Å². The molecule has 0 bridgehead atoms. The van der Waals surface area contributed by atoms with Gasteiger partial charge in [-0.1, -0.05) is 12.1 Å². The zero-order valence-corrected chi connectivity index (χ0v) is 15.6. The fraction of sp³-hybridized carbons (Fsp3) is 0.381. The van der Waals surface area contributed by atoms with Crippen LogP contribution in [0.2, 0.25) is 0 Å². The van der Waals surface area contributed by atoms with Gasteiger partial charge in [-0.3, -0.25) is 9.69 Å². The zero-order chi connectivity index (χ0) is 19.1. The lowest BCUT2D eigenvalue weighted by Crippen LogP contribution is -2.35. The first kappa shape index (κ1) is 18.9. The molecule has 6 heteroatoms. The number of benzene rings is 1. The highest BCUT2D eigenvalue weighted by Crippen LogP contribution is 2.18. The summed E-state index contributed by atoms with van der Waals surface area (Å²) in [5.41, 5.74) is 2.38. The smallest absolute Gasteiger partial charge is 0.259 e. The second-order valence-electron chi connectivity index (χ2n) is 6.52. The van der Waals surface area contributed by atoms with E-state index in [9.17, 15) is 4.79 Å². The van der Waals surface area contributed by atoms with Crippen molar-refractivity contribution in [2.24, 2.45) is 0 Å². The summed E-state index contributed by atoms with van der Waals surface area (Å²) in [6.45, 7) is 6.35. The van der Waals surface area contributed by atoms with Crippen molar-refractivity contribution in [2.75, 3.05) is 32.8 Å². The minimum absolute atomic E-state index is 0.0215. The highest BCUT2D eigenvalue weighted by Gasteiger charge is 2.23. The molecule has 2 aromatic rings.